The average Bonchev–Trinajstić information content (AvgIpc) is 2.62. The predicted molar refractivity (Wildman–Crippen MR) is 68.4 cm³/mol. The largest absolute Gasteiger partial charge is 0.295 e. The van der Waals surface area contributed by atoms with Crippen molar-refractivity contribution < 1.29 is 19.4 Å². The molecule has 1 aliphatic rings. The molecule has 1 saturated heterocycles. The van der Waals surface area contributed by atoms with Crippen LogP contribution < -0.4 is 5.32 Å². The molecule has 20 heavy (non-hydrogen) atoms. The third-order valence-electron chi connectivity index (χ3n) is 2.78. The van der Waals surface area contributed by atoms with Crippen molar-refractivity contribution in [2.75, 3.05) is 0 Å². The zero-order valence-corrected chi connectivity index (χ0v) is 11.2. The quantitative estimate of drug-likeness (QED) is 0.376. The lowest BCUT2D eigenvalue weighted by Crippen LogP contribution is -2.22. The van der Waals surface area contributed by atoms with Crippen LogP contribution in [0, 0.1) is 20.2 Å². The SMILES string of the molecule is O=C1NC(=O)C(c2cc([N+](=O)[O-])cc([N+](=O)[O-])c2)C1Br. The van der Waals surface area contributed by atoms with Crippen LogP contribution in [0.5, 0.6) is 0 Å². The minimum absolute atomic E-state index is 0.0381. The highest BCUT2D eigenvalue weighted by Gasteiger charge is 2.42. The summed E-state index contributed by atoms with van der Waals surface area (Å²) in [6, 6.07) is 2.88. The van der Waals surface area contributed by atoms with Gasteiger partial charge in [0.25, 0.3) is 11.4 Å². The van der Waals surface area contributed by atoms with E-state index in [2.05, 4.69) is 15.9 Å². The second-order valence-corrected chi connectivity index (χ2v) is 5.02. The Balaban J connectivity index is 2.56. The molecule has 1 aromatic rings. The van der Waals surface area contributed by atoms with Gasteiger partial charge in [-0.15, -0.1) is 0 Å². The number of non-ortho nitro benzene ring substituents is 2. The molecule has 1 aliphatic heterocycles. The van der Waals surface area contributed by atoms with Gasteiger partial charge in [-0.25, -0.2) is 0 Å². The second-order valence-electron chi connectivity index (χ2n) is 4.03. The monoisotopic (exact) mass is 343 g/mol. The lowest BCUT2D eigenvalue weighted by molar-refractivity contribution is -0.394. The second kappa shape index (κ2) is 4.96. The molecule has 0 spiro atoms. The summed E-state index contributed by atoms with van der Waals surface area (Å²) in [5.41, 5.74) is -0.988. The Kier molecular flexibility index (Phi) is 3.49. The highest BCUT2D eigenvalue weighted by molar-refractivity contribution is 9.10. The first-order valence-electron chi connectivity index (χ1n) is 5.24. The van der Waals surface area contributed by atoms with Gasteiger partial charge < -0.3 is 0 Å². The van der Waals surface area contributed by atoms with E-state index in [0.29, 0.717) is 0 Å². The third-order valence-corrected chi connectivity index (χ3v) is 3.72. The molecule has 10 heteroatoms. The number of nitro benzene ring substituents is 2. The highest BCUT2D eigenvalue weighted by atomic mass is 79.9. The number of alkyl halides is 1. The van der Waals surface area contributed by atoms with E-state index < -0.39 is 43.8 Å². The Morgan fingerprint density at radius 1 is 1.00 bits per heavy atom. The van der Waals surface area contributed by atoms with E-state index in [1.54, 1.807) is 0 Å². The van der Waals surface area contributed by atoms with Gasteiger partial charge in [-0.3, -0.25) is 35.1 Å². The summed E-state index contributed by atoms with van der Waals surface area (Å²) in [5.74, 6) is -2.29. The van der Waals surface area contributed by atoms with Gasteiger partial charge in [-0.1, -0.05) is 15.9 Å². The lowest BCUT2D eigenvalue weighted by atomic mass is 9.96. The number of carbonyl (C=O) groups excluding carboxylic acids is 2. The number of nitro groups is 2. The lowest BCUT2D eigenvalue weighted by Gasteiger charge is -2.09. The van der Waals surface area contributed by atoms with Crippen LogP contribution in [0.15, 0.2) is 18.2 Å². The van der Waals surface area contributed by atoms with Gasteiger partial charge in [-0.05, 0) is 5.56 Å². The fourth-order valence-corrected chi connectivity index (χ4v) is 2.54. The molecule has 2 atom stereocenters. The number of imide groups is 1. The van der Waals surface area contributed by atoms with Crippen LogP contribution in [0.2, 0.25) is 0 Å². The van der Waals surface area contributed by atoms with E-state index in [1.807, 2.05) is 5.32 Å². The number of carbonyl (C=O) groups is 2. The van der Waals surface area contributed by atoms with Crippen LogP contribution in [0.25, 0.3) is 0 Å². The molecule has 1 aromatic carbocycles. The topological polar surface area (TPSA) is 132 Å². The summed E-state index contributed by atoms with van der Waals surface area (Å²) >= 11 is 3.00. The Morgan fingerprint density at radius 3 is 1.85 bits per heavy atom. The maximum atomic E-state index is 11.7. The van der Waals surface area contributed by atoms with E-state index in [-0.39, 0.29) is 5.56 Å². The fourth-order valence-electron chi connectivity index (χ4n) is 1.88. The number of nitrogens with zero attached hydrogens (tertiary/aromatic N) is 2. The molecule has 0 saturated carbocycles. The molecule has 2 unspecified atom stereocenters. The highest BCUT2D eigenvalue weighted by Crippen LogP contribution is 2.34. The van der Waals surface area contributed by atoms with Gasteiger partial charge in [0.2, 0.25) is 11.8 Å². The maximum Gasteiger partial charge on any atom is 0.276 e. The molecule has 1 heterocycles. The van der Waals surface area contributed by atoms with E-state index in [9.17, 15) is 29.8 Å². The van der Waals surface area contributed by atoms with Crippen molar-refractivity contribution in [2.45, 2.75) is 10.7 Å². The van der Waals surface area contributed by atoms with Crippen molar-refractivity contribution in [3.8, 4) is 0 Å². The minimum Gasteiger partial charge on any atom is -0.295 e. The van der Waals surface area contributed by atoms with Gasteiger partial charge >= 0.3 is 0 Å². The molecule has 1 fully saturated rings. The summed E-state index contributed by atoms with van der Waals surface area (Å²) in [7, 11) is 0. The molecule has 0 aliphatic carbocycles. The molecule has 0 aromatic heterocycles. The summed E-state index contributed by atoms with van der Waals surface area (Å²) < 4.78 is 0. The van der Waals surface area contributed by atoms with Crippen molar-refractivity contribution in [1.29, 1.82) is 0 Å². The third kappa shape index (κ3) is 2.37. The molecule has 0 radical (unpaired) electrons. The number of nitrogens with one attached hydrogen (secondary N) is 1. The maximum absolute atomic E-state index is 11.7. The van der Waals surface area contributed by atoms with Crippen LogP contribution in [-0.2, 0) is 9.59 Å². The van der Waals surface area contributed by atoms with Crippen LogP contribution in [-0.4, -0.2) is 26.5 Å². The summed E-state index contributed by atoms with van der Waals surface area (Å²) in [6.07, 6.45) is 0. The van der Waals surface area contributed by atoms with E-state index in [4.69, 9.17) is 0 Å². The molecular formula is C10H6BrN3O6. The van der Waals surface area contributed by atoms with Gasteiger partial charge in [0, 0.05) is 12.1 Å². The molecule has 9 nitrogen and oxygen atoms in total. The number of benzene rings is 1. The van der Waals surface area contributed by atoms with Crippen LogP contribution in [0.3, 0.4) is 0 Å². The molecule has 104 valence electrons. The van der Waals surface area contributed by atoms with Gasteiger partial charge in [0.05, 0.1) is 21.8 Å². The zero-order valence-electron chi connectivity index (χ0n) is 9.61. The summed E-state index contributed by atoms with van der Waals surface area (Å²) in [4.78, 5) is 42.0. The molecule has 0 bridgehead atoms. The van der Waals surface area contributed by atoms with Crippen molar-refractivity contribution >= 4 is 39.1 Å². The first-order chi connectivity index (χ1) is 9.31. The van der Waals surface area contributed by atoms with Crippen molar-refractivity contribution in [3.63, 3.8) is 0 Å². The van der Waals surface area contributed by atoms with E-state index >= 15 is 0 Å². The summed E-state index contributed by atoms with van der Waals surface area (Å²) in [5, 5.41) is 23.6. The molecule has 2 amide bonds. The van der Waals surface area contributed by atoms with Crippen molar-refractivity contribution in [2.24, 2.45) is 0 Å². The summed E-state index contributed by atoms with van der Waals surface area (Å²) in [6.45, 7) is 0. The van der Waals surface area contributed by atoms with Crippen LogP contribution in [0.1, 0.15) is 11.5 Å². The smallest absolute Gasteiger partial charge is 0.276 e. The van der Waals surface area contributed by atoms with Gasteiger partial charge in [0.15, 0.2) is 0 Å². The normalized spacial score (nSPS) is 21.6. The Bertz CT molecular complexity index is 614. The van der Waals surface area contributed by atoms with Crippen molar-refractivity contribution in [3.05, 3.63) is 44.0 Å². The minimum atomic E-state index is -1.04. The first kappa shape index (κ1) is 14.1. The Labute approximate surface area is 119 Å². The number of amides is 2. The van der Waals surface area contributed by atoms with E-state index in [0.717, 1.165) is 18.2 Å². The standard InChI is InChI=1S/C10H6BrN3O6/c11-8-7(9(15)12-10(8)16)4-1-5(13(17)18)3-6(2-4)14(19)20/h1-3,7-8H,(H,12,15,16). The van der Waals surface area contributed by atoms with Gasteiger partial charge in [0.1, 0.15) is 4.83 Å². The van der Waals surface area contributed by atoms with Crippen LogP contribution in [0.4, 0.5) is 11.4 Å². The molecule has 1 N–H and O–H groups in total. The Hall–Kier alpha value is -2.36. The average molecular weight is 344 g/mol. The molecular weight excluding hydrogens is 338 g/mol. The Morgan fingerprint density at radius 2 is 1.50 bits per heavy atom. The van der Waals surface area contributed by atoms with Gasteiger partial charge in [-0.2, -0.15) is 0 Å². The number of hydrogen-bond donors (Lipinski definition) is 1. The number of halogens is 1. The predicted octanol–water partition coefficient (Wildman–Crippen LogP) is 1.01. The number of rotatable bonds is 3. The zero-order chi connectivity index (χ0) is 15.0. The fraction of sp³-hybridized carbons (Fsp3) is 0.200. The number of hydrogen-bond acceptors (Lipinski definition) is 6. The van der Waals surface area contributed by atoms with Crippen LogP contribution >= 0.6 is 15.9 Å². The van der Waals surface area contributed by atoms with Crippen molar-refractivity contribution in [1.82, 2.24) is 5.32 Å². The first-order valence-corrected chi connectivity index (χ1v) is 6.15. The van der Waals surface area contributed by atoms with E-state index in [1.165, 1.54) is 0 Å². The molecule has 2 rings (SSSR count).